The van der Waals surface area contributed by atoms with Crippen LogP contribution in [0.5, 0.6) is 0 Å². The quantitative estimate of drug-likeness (QED) is 0.842. The van der Waals surface area contributed by atoms with Gasteiger partial charge in [-0.25, -0.2) is 5.43 Å². The lowest BCUT2D eigenvalue weighted by atomic mass is 9.88. The summed E-state index contributed by atoms with van der Waals surface area (Å²) in [7, 11) is 0. The molecule has 1 heterocycles. The summed E-state index contributed by atoms with van der Waals surface area (Å²) in [6, 6.07) is 6.44. The highest BCUT2D eigenvalue weighted by Crippen LogP contribution is 2.33. The van der Waals surface area contributed by atoms with Gasteiger partial charge in [0.15, 0.2) is 0 Å². The first-order valence-corrected chi connectivity index (χ1v) is 7.20. The van der Waals surface area contributed by atoms with Crippen LogP contribution in [0.25, 0.3) is 0 Å². The van der Waals surface area contributed by atoms with E-state index in [4.69, 9.17) is 11.6 Å². The van der Waals surface area contributed by atoms with Gasteiger partial charge in [0.2, 0.25) is 0 Å². The Kier molecular flexibility index (Phi) is 3.93. The second-order valence-electron chi connectivity index (χ2n) is 6.54. The number of rotatable bonds is 2. The molecule has 1 aliphatic heterocycles. The Hall–Kier alpha value is -0.990. The van der Waals surface area contributed by atoms with Crippen LogP contribution in [0.15, 0.2) is 30.5 Å². The number of hydrogen-bond donors (Lipinski definition) is 1. The summed E-state index contributed by atoms with van der Waals surface area (Å²) in [6.07, 6.45) is 4.32. The van der Waals surface area contributed by atoms with E-state index in [2.05, 4.69) is 63.4 Å². The van der Waals surface area contributed by atoms with Crippen LogP contribution in [0.4, 0.5) is 5.69 Å². The molecule has 104 valence electrons. The Bertz CT molecular complexity index is 486. The molecule has 0 saturated carbocycles. The van der Waals surface area contributed by atoms with E-state index in [1.54, 1.807) is 0 Å². The number of nitrogens with zero attached hydrogens (tertiary/aromatic N) is 1. The zero-order chi connectivity index (χ0) is 14.2. The van der Waals surface area contributed by atoms with Crippen molar-refractivity contribution in [3.05, 3.63) is 41.1 Å². The third-order valence-electron chi connectivity index (χ3n) is 3.51. The summed E-state index contributed by atoms with van der Waals surface area (Å²) in [5, 5.41) is 2.87. The van der Waals surface area contributed by atoms with E-state index < -0.39 is 0 Å². The maximum absolute atomic E-state index is 6.15. The highest BCUT2D eigenvalue weighted by atomic mass is 35.5. The third kappa shape index (κ3) is 3.13. The van der Waals surface area contributed by atoms with Gasteiger partial charge in [0.05, 0.1) is 11.7 Å². The second kappa shape index (κ2) is 5.18. The molecule has 0 spiro atoms. The van der Waals surface area contributed by atoms with Gasteiger partial charge < -0.3 is 0 Å². The van der Waals surface area contributed by atoms with Crippen molar-refractivity contribution in [3.63, 3.8) is 0 Å². The van der Waals surface area contributed by atoms with Crippen molar-refractivity contribution in [2.75, 3.05) is 5.01 Å². The topological polar surface area (TPSA) is 15.3 Å². The number of nitrogens with one attached hydrogen (secondary N) is 1. The van der Waals surface area contributed by atoms with Gasteiger partial charge in [0, 0.05) is 11.2 Å². The Morgan fingerprint density at radius 2 is 1.95 bits per heavy atom. The van der Waals surface area contributed by atoms with Crippen molar-refractivity contribution in [3.8, 4) is 0 Å². The van der Waals surface area contributed by atoms with Crippen LogP contribution >= 0.6 is 11.6 Å². The maximum Gasteiger partial charge on any atom is 0.0620 e. The first kappa shape index (κ1) is 14.4. The molecule has 0 bridgehead atoms. The standard InChI is InChI=1S/C16H23ClN2/c1-11(2)13-7-6-12(17)10-14(13)19-9-8-15(18-19)16(3,4)5/h6-11,15,18H,1-5H3. The van der Waals surface area contributed by atoms with Gasteiger partial charge in [-0.15, -0.1) is 0 Å². The minimum absolute atomic E-state index is 0.196. The molecule has 0 aliphatic carbocycles. The molecule has 0 aromatic heterocycles. The Morgan fingerprint density at radius 1 is 1.26 bits per heavy atom. The Morgan fingerprint density at radius 3 is 2.47 bits per heavy atom. The maximum atomic E-state index is 6.15. The Balaban J connectivity index is 2.29. The number of hydrogen-bond acceptors (Lipinski definition) is 2. The van der Waals surface area contributed by atoms with Gasteiger partial charge >= 0.3 is 0 Å². The van der Waals surface area contributed by atoms with Crippen molar-refractivity contribution in [1.82, 2.24) is 5.43 Å². The average molecular weight is 279 g/mol. The SMILES string of the molecule is CC(C)c1ccc(Cl)cc1N1C=CC(C(C)(C)C)N1. The molecule has 1 atom stereocenters. The number of hydrazine groups is 1. The van der Waals surface area contributed by atoms with Crippen LogP contribution in [-0.4, -0.2) is 6.04 Å². The molecule has 1 aromatic carbocycles. The molecule has 3 heteroatoms. The molecular formula is C16H23ClN2. The van der Waals surface area contributed by atoms with E-state index in [0.29, 0.717) is 12.0 Å². The number of anilines is 1. The van der Waals surface area contributed by atoms with Crippen molar-refractivity contribution in [2.45, 2.75) is 46.6 Å². The largest absolute Gasteiger partial charge is 0.284 e. The molecule has 0 fully saturated rings. The highest BCUT2D eigenvalue weighted by Gasteiger charge is 2.28. The van der Waals surface area contributed by atoms with Crippen LogP contribution in [0.1, 0.15) is 46.1 Å². The van der Waals surface area contributed by atoms with E-state index in [1.807, 2.05) is 12.1 Å². The van der Waals surface area contributed by atoms with Crippen molar-refractivity contribution < 1.29 is 0 Å². The lowest BCUT2D eigenvalue weighted by Gasteiger charge is -2.30. The number of halogens is 1. The van der Waals surface area contributed by atoms with Crippen LogP contribution in [-0.2, 0) is 0 Å². The fourth-order valence-electron chi connectivity index (χ4n) is 2.25. The molecule has 19 heavy (non-hydrogen) atoms. The molecule has 0 radical (unpaired) electrons. The fourth-order valence-corrected chi connectivity index (χ4v) is 2.42. The molecule has 0 saturated heterocycles. The molecule has 0 amide bonds. The van der Waals surface area contributed by atoms with Gasteiger partial charge in [-0.2, -0.15) is 0 Å². The van der Waals surface area contributed by atoms with E-state index in [1.165, 1.54) is 5.56 Å². The van der Waals surface area contributed by atoms with Crippen LogP contribution in [0.2, 0.25) is 5.02 Å². The minimum atomic E-state index is 0.196. The van der Waals surface area contributed by atoms with E-state index >= 15 is 0 Å². The molecule has 1 N–H and O–H groups in total. The lowest BCUT2D eigenvalue weighted by molar-refractivity contribution is 0.326. The smallest absolute Gasteiger partial charge is 0.0620 e. The summed E-state index contributed by atoms with van der Waals surface area (Å²) >= 11 is 6.15. The summed E-state index contributed by atoms with van der Waals surface area (Å²) in [5.41, 5.74) is 6.18. The monoisotopic (exact) mass is 278 g/mol. The van der Waals surface area contributed by atoms with E-state index in [0.717, 1.165) is 10.7 Å². The first-order valence-electron chi connectivity index (χ1n) is 6.82. The molecule has 1 aromatic rings. The zero-order valence-corrected chi connectivity index (χ0v) is 13.1. The van der Waals surface area contributed by atoms with Crippen LogP contribution in [0, 0.1) is 5.41 Å². The second-order valence-corrected chi connectivity index (χ2v) is 6.98. The summed E-state index contributed by atoms with van der Waals surface area (Å²) in [6.45, 7) is 11.1. The number of benzene rings is 1. The molecule has 1 unspecified atom stereocenters. The van der Waals surface area contributed by atoms with Gasteiger partial charge in [-0.3, -0.25) is 5.01 Å². The molecule has 2 nitrogen and oxygen atoms in total. The van der Waals surface area contributed by atoms with Gasteiger partial charge in [-0.05, 0) is 35.1 Å². The van der Waals surface area contributed by atoms with Gasteiger partial charge in [0.25, 0.3) is 0 Å². The predicted molar refractivity (Wildman–Crippen MR) is 83.5 cm³/mol. The highest BCUT2D eigenvalue weighted by molar-refractivity contribution is 6.30. The normalized spacial score (nSPS) is 19.5. The fraction of sp³-hybridized carbons (Fsp3) is 0.500. The summed E-state index contributed by atoms with van der Waals surface area (Å²) in [4.78, 5) is 0. The van der Waals surface area contributed by atoms with Crippen molar-refractivity contribution in [1.29, 1.82) is 0 Å². The van der Waals surface area contributed by atoms with Crippen molar-refractivity contribution in [2.24, 2.45) is 5.41 Å². The van der Waals surface area contributed by atoms with E-state index in [9.17, 15) is 0 Å². The van der Waals surface area contributed by atoms with Gasteiger partial charge in [0.1, 0.15) is 0 Å². The molecule has 2 rings (SSSR count). The van der Waals surface area contributed by atoms with E-state index in [-0.39, 0.29) is 5.41 Å². The first-order chi connectivity index (χ1) is 8.79. The predicted octanol–water partition coefficient (Wildman–Crippen LogP) is 4.72. The molecule has 1 aliphatic rings. The minimum Gasteiger partial charge on any atom is -0.284 e. The zero-order valence-electron chi connectivity index (χ0n) is 12.4. The molecular weight excluding hydrogens is 256 g/mol. The van der Waals surface area contributed by atoms with Crippen LogP contribution < -0.4 is 10.4 Å². The van der Waals surface area contributed by atoms with Gasteiger partial charge in [-0.1, -0.05) is 52.3 Å². The third-order valence-corrected chi connectivity index (χ3v) is 3.75. The van der Waals surface area contributed by atoms with Crippen LogP contribution in [0.3, 0.4) is 0 Å². The summed E-state index contributed by atoms with van der Waals surface area (Å²) < 4.78 is 0. The van der Waals surface area contributed by atoms with Crippen molar-refractivity contribution >= 4 is 17.3 Å². The summed E-state index contributed by atoms with van der Waals surface area (Å²) in [5.74, 6) is 0.469. The lowest BCUT2D eigenvalue weighted by Crippen LogP contribution is -2.42. The Labute approximate surface area is 121 Å². The average Bonchev–Trinajstić information content (AvgIpc) is 2.77.